The van der Waals surface area contributed by atoms with E-state index in [0.717, 1.165) is 11.6 Å². The van der Waals surface area contributed by atoms with Gasteiger partial charge in [0.25, 0.3) is 0 Å². The molecule has 0 N–H and O–H groups in total. The van der Waals surface area contributed by atoms with E-state index in [4.69, 9.17) is 4.74 Å². The summed E-state index contributed by atoms with van der Waals surface area (Å²) in [6.07, 6.45) is -4.58. The molecule has 0 saturated carbocycles. The summed E-state index contributed by atoms with van der Waals surface area (Å²) in [5.74, 6) is -0.670. The van der Waals surface area contributed by atoms with E-state index in [0.29, 0.717) is 5.56 Å². The molecule has 0 radical (unpaired) electrons. The number of halogens is 3. The van der Waals surface area contributed by atoms with E-state index in [2.05, 4.69) is 0 Å². The van der Waals surface area contributed by atoms with Gasteiger partial charge in [-0.15, -0.1) is 0 Å². The molecule has 2 aromatic carbocycles. The number of aryl methyl sites for hydroxylation is 1. The lowest BCUT2D eigenvalue weighted by atomic mass is 10.0. The normalized spacial score (nSPS) is 11.3. The first-order valence-electron chi connectivity index (χ1n) is 6.68. The Labute approximate surface area is 126 Å². The van der Waals surface area contributed by atoms with Crippen LogP contribution in [0.25, 0.3) is 0 Å². The molecule has 0 bridgehead atoms. The Morgan fingerprint density at radius 1 is 1.14 bits per heavy atom. The van der Waals surface area contributed by atoms with Crippen LogP contribution in [0.15, 0.2) is 42.5 Å². The first-order chi connectivity index (χ1) is 10.3. The second-order valence-corrected chi connectivity index (χ2v) is 4.99. The van der Waals surface area contributed by atoms with Crippen molar-refractivity contribution < 1.29 is 22.7 Å². The van der Waals surface area contributed by atoms with Crippen molar-refractivity contribution in [3.8, 4) is 5.75 Å². The highest BCUT2D eigenvalue weighted by atomic mass is 19.4. The second-order valence-electron chi connectivity index (χ2n) is 4.99. The Morgan fingerprint density at radius 3 is 2.32 bits per heavy atom. The maximum Gasteiger partial charge on any atom is 0.419 e. The molecule has 0 saturated heterocycles. The van der Waals surface area contributed by atoms with E-state index >= 15 is 0 Å². The molecule has 116 valence electrons. The van der Waals surface area contributed by atoms with Crippen molar-refractivity contribution in [1.82, 2.24) is 0 Å². The van der Waals surface area contributed by atoms with E-state index in [1.54, 1.807) is 31.2 Å². The van der Waals surface area contributed by atoms with Gasteiger partial charge in [-0.3, -0.25) is 4.79 Å². The van der Waals surface area contributed by atoms with Crippen LogP contribution in [0.1, 0.15) is 34.0 Å². The summed E-state index contributed by atoms with van der Waals surface area (Å²) in [6, 6.07) is 11.0. The van der Waals surface area contributed by atoms with Crippen molar-refractivity contribution in [2.24, 2.45) is 0 Å². The van der Waals surface area contributed by atoms with Crippen LogP contribution in [0, 0.1) is 6.92 Å². The van der Waals surface area contributed by atoms with Crippen LogP contribution in [-0.4, -0.2) is 5.78 Å². The predicted molar refractivity (Wildman–Crippen MR) is 77.0 cm³/mol. The monoisotopic (exact) mass is 308 g/mol. The first-order valence-corrected chi connectivity index (χ1v) is 6.68. The molecule has 2 aromatic rings. The Balaban J connectivity index is 2.37. The van der Waals surface area contributed by atoms with Crippen LogP contribution in [0.3, 0.4) is 0 Å². The van der Waals surface area contributed by atoms with Crippen LogP contribution < -0.4 is 4.74 Å². The van der Waals surface area contributed by atoms with Gasteiger partial charge >= 0.3 is 6.18 Å². The van der Waals surface area contributed by atoms with E-state index in [1.807, 2.05) is 6.07 Å². The van der Waals surface area contributed by atoms with Gasteiger partial charge in [0.1, 0.15) is 12.4 Å². The average molecular weight is 308 g/mol. The van der Waals surface area contributed by atoms with Crippen LogP contribution in [0.5, 0.6) is 5.75 Å². The van der Waals surface area contributed by atoms with Crippen LogP contribution in [0.4, 0.5) is 13.2 Å². The van der Waals surface area contributed by atoms with E-state index in [-0.39, 0.29) is 17.9 Å². The van der Waals surface area contributed by atoms with E-state index in [1.165, 1.54) is 13.0 Å². The zero-order chi connectivity index (χ0) is 16.3. The van der Waals surface area contributed by atoms with Gasteiger partial charge in [0.2, 0.25) is 0 Å². The third kappa shape index (κ3) is 3.67. The minimum Gasteiger partial charge on any atom is -0.488 e. The fourth-order valence-electron chi connectivity index (χ4n) is 2.14. The molecule has 0 aromatic heterocycles. The van der Waals surface area contributed by atoms with Gasteiger partial charge in [0, 0.05) is 5.56 Å². The number of carbonyl (C=O) groups is 1. The minimum atomic E-state index is -4.58. The van der Waals surface area contributed by atoms with Crippen molar-refractivity contribution in [1.29, 1.82) is 0 Å². The standard InChI is InChI=1S/C17H15F3O2/c1-11-8-16(22-10-13-6-4-3-5-7-13)15(17(18,19)20)9-14(11)12(2)21/h3-9H,10H2,1-2H3. The van der Waals surface area contributed by atoms with Gasteiger partial charge in [-0.25, -0.2) is 0 Å². The Bertz CT molecular complexity index is 676. The molecule has 0 amide bonds. The lowest BCUT2D eigenvalue weighted by Crippen LogP contribution is -2.11. The highest BCUT2D eigenvalue weighted by Gasteiger charge is 2.35. The minimum absolute atomic E-state index is 0.0305. The smallest absolute Gasteiger partial charge is 0.419 e. The molecular weight excluding hydrogens is 293 g/mol. The molecule has 0 atom stereocenters. The summed E-state index contributed by atoms with van der Waals surface area (Å²) >= 11 is 0. The SMILES string of the molecule is CC(=O)c1cc(C(F)(F)F)c(OCc2ccccc2)cc1C. The first kappa shape index (κ1) is 16.1. The summed E-state index contributed by atoms with van der Waals surface area (Å²) in [5.41, 5.74) is 0.353. The van der Waals surface area contributed by atoms with E-state index < -0.39 is 17.5 Å². The quantitative estimate of drug-likeness (QED) is 0.759. The molecule has 0 spiro atoms. The Hall–Kier alpha value is -2.30. The third-order valence-electron chi connectivity index (χ3n) is 3.25. The maximum atomic E-state index is 13.2. The number of hydrogen-bond acceptors (Lipinski definition) is 2. The Kier molecular flexibility index (Phi) is 4.54. The van der Waals surface area contributed by atoms with Gasteiger partial charge in [0.05, 0.1) is 5.56 Å². The molecule has 22 heavy (non-hydrogen) atoms. The van der Waals surface area contributed by atoms with Crippen molar-refractivity contribution in [3.63, 3.8) is 0 Å². The van der Waals surface area contributed by atoms with Gasteiger partial charge in [-0.05, 0) is 37.1 Å². The number of carbonyl (C=O) groups excluding carboxylic acids is 1. The van der Waals surface area contributed by atoms with Gasteiger partial charge in [-0.1, -0.05) is 30.3 Å². The van der Waals surface area contributed by atoms with Gasteiger partial charge in [-0.2, -0.15) is 13.2 Å². The largest absolute Gasteiger partial charge is 0.488 e. The number of ketones is 1. The molecule has 0 aliphatic heterocycles. The molecular formula is C17H15F3O2. The topological polar surface area (TPSA) is 26.3 Å². The fourth-order valence-corrected chi connectivity index (χ4v) is 2.14. The Morgan fingerprint density at radius 2 is 1.77 bits per heavy atom. The van der Waals surface area contributed by atoms with Crippen LogP contribution in [-0.2, 0) is 12.8 Å². The van der Waals surface area contributed by atoms with Crippen molar-refractivity contribution in [2.45, 2.75) is 26.6 Å². The summed E-state index contributed by atoms with van der Waals surface area (Å²) in [4.78, 5) is 11.4. The molecule has 0 heterocycles. The van der Waals surface area contributed by atoms with E-state index in [9.17, 15) is 18.0 Å². The van der Waals surface area contributed by atoms with Crippen molar-refractivity contribution in [2.75, 3.05) is 0 Å². The lowest BCUT2D eigenvalue weighted by Gasteiger charge is -2.16. The zero-order valence-electron chi connectivity index (χ0n) is 12.2. The highest BCUT2D eigenvalue weighted by Crippen LogP contribution is 2.38. The molecule has 0 aliphatic carbocycles. The third-order valence-corrected chi connectivity index (χ3v) is 3.25. The van der Waals surface area contributed by atoms with Crippen LogP contribution >= 0.6 is 0 Å². The average Bonchev–Trinajstić information content (AvgIpc) is 2.44. The number of rotatable bonds is 4. The number of Topliss-reactive ketones (excluding diaryl/α,β-unsaturated/α-hetero) is 1. The summed E-state index contributed by atoms with van der Waals surface area (Å²) in [7, 11) is 0. The number of hydrogen-bond donors (Lipinski definition) is 0. The summed E-state index contributed by atoms with van der Waals surface area (Å²) in [5, 5.41) is 0. The molecule has 0 unspecified atom stereocenters. The lowest BCUT2D eigenvalue weighted by molar-refractivity contribution is -0.139. The zero-order valence-corrected chi connectivity index (χ0v) is 12.2. The summed E-state index contributed by atoms with van der Waals surface area (Å²) < 4.78 is 44.8. The van der Waals surface area contributed by atoms with Gasteiger partial charge in [0.15, 0.2) is 5.78 Å². The fraction of sp³-hybridized carbons (Fsp3) is 0.235. The summed E-state index contributed by atoms with van der Waals surface area (Å²) in [6.45, 7) is 2.86. The number of alkyl halides is 3. The second kappa shape index (κ2) is 6.22. The maximum absolute atomic E-state index is 13.2. The predicted octanol–water partition coefficient (Wildman–Crippen LogP) is 4.80. The van der Waals surface area contributed by atoms with Crippen molar-refractivity contribution >= 4 is 5.78 Å². The van der Waals surface area contributed by atoms with Crippen molar-refractivity contribution in [3.05, 3.63) is 64.7 Å². The molecule has 2 rings (SSSR count). The molecule has 5 heteroatoms. The molecule has 2 nitrogen and oxygen atoms in total. The number of benzene rings is 2. The number of ether oxygens (including phenoxy) is 1. The van der Waals surface area contributed by atoms with Crippen LogP contribution in [0.2, 0.25) is 0 Å². The molecule has 0 fully saturated rings. The highest BCUT2D eigenvalue weighted by molar-refractivity contribution is 5.96. The molecule has 0 aliphatic rings. The van der Waals surface area contributed by atoms with Gasteiger partial charge < -0.3 is 4.74 Å².